The number of ether oxygens (including phenoxy) is 2. The quantitative estimate of drug-likeness (QED) is 0.905. The van der Waals surface area contributed by atoms with Crippen molar-refractivity contribution >= 4 is 0 Å². The molecule has 1 saturated heterocycles. The van der Waals surface area contributed by atoms with E-state index < -0.39 is 0 Å². The molecule has 1 N–H and O–H groups in total. The Balaban J connectivity index is 1.23. The molecule has 4 nitrogen and oxygen atoms in total. The predicted molar refractivity (Wildman–Crippen MR) is 90.8 cm³/mol. The number of nitrogens with zero attached hydrogens (tertiary/aromatic N) is 1. The Morgan fingerprint density at radius 2 is 1.87 bits per heavy atom. The minimum Gasteiger partial charge on any atom is -0.454 e. The van der Waals surface area contributed by atoms with E-state index in [1.807, 2.05) is 6.07 Å². The Kier molecular flexibility index (Phi) is 4.72. The van der Waals surface area contributed by atoms with Crippen molar-refractivity contribution in [1.82, 2.24) is 10.2 Å². The Morgan fingerprint density at radius 3 is 2.70 bits per heavy atom. The zero-order valence-corrected chi connectivity index (χ0v) is 13.9. The number of hydrogen-bond donors (Lipinski definition) is 1. The third-order valence-corrected chi connectivity index (χ3v) is 5.64. The molecule has 2 aliphatic heterocycles. The lowest BCUT2D eigenvalue weighted by Gasteiger charge is -2.34. The van der Waals surface area contributed by atoms with Gasteiger partial charge in [-0.15, -0.1) is 0 Å². The molecule has 3 aliphatic rings. The number of nitrogens with one attached hydrogen (secondary N) is 1. The highest BCUT2D eigenvalue weighted by Crippen LogP contribution is 2.35. The van der Waals surface area contributed by atoms with Gasteiger partial charge in [0.2, 0.25) is 6.79 Å². The first-order chi connectivity index (χ1) is 11.4. The summed E-state index contributed by atoms with van der Waals surface area (Å²) in [4.78, 5) is 2.69. The average Bonchev–Trinajstić information content (AvgIpc) is 3.25. The van der Waals surface area contributed by atoms with Gasteiger partial charge in [-0.3, -0.25) is 0 Å². The van der Waals surface area contributed by atoms with Crippen LogP contribution in [0, 0.1) is 5.92 Å². The SMILES string of the molecule is c1cc(CNC2CCN(CC3CCCC3)CC2)c2c(c1)OCO2. The summed E-state index contributed by atoms with van der Waals surface area (Å²) in [6.07, 6.45) is 8.35. The minimum absolute atomic E-state index is 0.353. The van der Waals surface area contributed by atoms with E-state index in [9.17, 15) is 0 Å². The van der Waals surface area contributed by atoms with Gasteiger partial charge in [0.1, 0.15) is 0 Å². The van der Waals surface area contributed by atoms with Gasteiger partial charge in [0.15, 0.2) is 11.5 Å². The number of hydrogen-bond acceptors (Lipinski definition) is 4. The third-order valence-electron chi connectivity index (χ3n) is 5.64. The van der Waals surface area contributed by atoms with E-state index in [2.05, 4.69) is 22.3 Å². The normalized spacial score (nSPS) is 22.8. The largest absolute Gasteiger partial charge is 0.454 e. The number of rotatable bonds is 5. The van der Waals surface area contributed by atoms with Crippen LogP contribution < -0.4 is 14.8 Å². The first-order valence-electron chi connectivity index (χ1n) is 9.22. The monoisotopic (exact) mass is 316 g/mol. The van der Waals surface area contributed by atoms with Crippen molar-refractivity contribution < 1.29 is 9.47 Å². The Morgan fingerprint density at radius 1 is 1.04 bits per heavy atom. The average molecular weight is 316 g/mol. The zero-order valence-electron chi connectivity index (χ0n) is 13.9. The molecule has 0 unspecified atom stereocenters. The summed E-state index contributed by atoms with van der Waals surface area (Å²) < 4.78 is 11.0. The molecule has 4 heteroatoms. The van der Waals surface area contributed by atoms with Crippen molar-refractivity contribution in [1.29, 1.82) is 0 Å². The zero-order chi connectivity index (χ0) is 15.5. The van der Waals surface area contributed by atoms with Crippen LogP contribution in [0.2, 0.25) is 0 Å². The maximum atomic E-state index is 5.59. The Hall–Kier alpha value is -1.26. The van der Waals surface area contributed by atoms with Crippen LogP contribution in [0.25, 0.3) is 0 Å². The van der Waals surface area contributed by atoms with Crippen molar-refractivity contribution in [2.45, 2.75) is 51.1 Å². The van der Waals surface area contributed by atoms with Gasteiger partial charge in [-0.1, -0.05) is 25.0 Å². The molecule has 126 valence electrons. The van der Waals surface area contributed by atoms with Crippen molar-refractivity contribution in [3.63, 3.8) is 0 Å². The molecule has 0 bridgehead atoms. The maximum absolute atomic E-state index is 5.59. The molecule has 1 aromatic rings. The fourth-order valence-corrected chi connectivity index (χ4v) is 4.26. The molecule has 23 heavy (non-hydrogen) atoms. The molecule has 0 atom stereocenters. The van der Waals surface area contributed by atoms with Gasteiger partial charge in [-0.05, 0) is 50.8 Å². The molecule has 2 heterocycles. The Bertz CT molecular complexity index is 520. The summed E-state index contributed by atoms with van der Waals surface area (Å²) >= 11 is 0. The molecule has 1 aliphatic carbocycles. The molecule has 0 amide bonds. The summed E-state index contributed by atoms with van der Waals surface area (Å²) in [7, 11) is 0. The van der Waals surface area contributed by atoms with E-state index in [1.165, 1.54) is 63.7 Å². The van der Waals surface area contributed by atoms with Gasteiger partial charge in [0.05, 0.1) is 0 Å². The lowest BCUT2D eigenvalue weighted by Crippen LogP contribution is -2.43. The summed E-state index contributed by atoms with van der Waals surface area (Å²) in [6.45, 7) is 5.07. The molecular weight excluding hydrogens is 288 g/mol. The smallest absolute Gasteiger partial charge is 0.231 e. The van der Waals surface area contributed by atoms with E-state index in [0.717, 1.165) is 24.0 Å². The molecular formula is C19H28N2O2. The van der Waals surface area contributed by atoms with Crippen molar-refractivity contribution in [2.75, 3.05) is 26.4 Å². The molecule has 1 saturated carbocycles. The van der Waals surface area contributed by atoms with Crippen molar-refractivity contribution in [3.05, 3.63) is 23.8 Å². The number of benzene rings is 1. The predicted octanol–water partition coefficient (Wildman–Crippen LogP) is 3.16. The van der Waals surface area contributed by atoms with Crippen LogP contribution in [0.3, 0.4) is 0 Å². The van der Waals surface area contributed by atoms with Gasteiger partial charge in [0.25, 0.3) is 0 Å². The topological polar surface area (TPSA) is 33.7 Å². The number of fused-ring (bicyclic) bond motifs is 1. The van der Waals surface area contributed by atoms with Gasteiger partial charge in [-0.25, -0.2) is 0 Å². The molecule has 2 fully saturated rings. The van der Waals surface area contributed by atoms with Gasteiger partial charge >= 0.3 is 0 Å². The highest BCUT2D eigenvalue weighted by molar-refractivity contribution is 5.48. The first-order valence-corrected chi connectivity index (χ1v) is 9.22. The first kappa shape index (κ1) is 15.3. The van der Waals surface area contributed by atoms with E-state index in [0.29, 0.717) is 12.8 Å². The van der Waals surface area contributed by atoms with Crippen LogP contribution >= 0.6 is 0 Å². The summed E-state index contributed by atoms with van der Waals surface area (Å²) in [5.74, 6) is 2.79. The van der Waals surface area contributed by atoms with Gasteiger partial charge in [0, 0.05) is 24.7 Å². The fraction of sp³-hybridized carbons (Fsp3) is 0.684. The molecule has 4 rings (SSSR count). The highest BCUT2D eigenvalue weighted by Gasteiger charge is 2.24. The van der Waals surface area contributed by atoms with Gasteiger partial charge in [-0.2, -0.15) is 0 Å². The van der Waals surface area contributed by atoms with E-state index in [4.69, 9.17) is 9.47 Å². The highest BCUT2D eigenvalue weighted by atomic mass is 16.7. The summed E-state index contributed by atoms with van der Waals surface area (Å²) in [5.41, 5.74) is 1.22. The lowest BCUT2D eigenvalue weighted by atomic mass is 10.0. The number of piperidine rings is 1. The van der Waals surface area contributed by atoms with Crippen LogP contribution in [0.5, 0.6) is 11.5 Å². The molecule has 0 radical (unpaired) electrons. The third kappa shape index (κ3) is 3.64. The van der Waals surface area contributed by atoms with Gasteiger partial charge < -0.3 is 19.7 Å². The number of para-hydroxylation sites is 1. The molecule has 0 aromatic heterocycles. The Labute approximate surface area is 139 Å². The van der Waals surface area contributed by atoms with Crippen LogP contribution in [-0.4, -0.2) is 37.4 Å². The van der Waals surface area contributed by atoms with Crippen LogP contribution in [0.1, 0.15) is 44.1 Å². The van der Waals surface area contributed by atoms with Crippen molar-refractivity contribution in [2.24, 2.45) is 5.92 Å². The summed E-state index contributed by atoms with van der Waals surface area (Å²) in [6, 6.07) is 6.80. The molecule has 1 aromatic carbocycles. The fourth-order valence-electron chi connectivity index (χ4n) is 4.26. The minimum atomic E-state index is 0.353. The van der Waals surface area contributed by atoms with E-state index >= 15 is 0 Å². The second kappa shape index (κ2) is 7.10. The van der Waals surface area contributed by atoms with Crippen molar-refractivity contribution in [3.8, 4) is 11.5 Å². The molecule has 0 spiro atoms. The summed E-state index contributed by atoms with van der Waals surface area (Å²) in [5, 5.41) is 3.72. The second-order valence-corrected chi connectivity index (χ2v) is 7.26. The van der Waals surface area contributed by atoms with Crippen LogP contribution in [-0.2, 0) is 6.54 Å². The van der Waals surface area contributed by atoms with Crippen LogP contribution in [0.15, 0.2) is 18.2 Å². The van der Waals surface area contributed by atoms with Crippen LogP contribution in [0.4, 0.5) is 0 Å². The van der Waals surface area contributed by atoms with E-state index in [-0.39, 0.29) is 0 Å². The second-order valence-electron chi connectivity index (χ2n) is 7.26. The standard InChI is InChI=1S/C19H28N2O2/c1-2-5-15(4-1)13-21-10-8-17(9-11-21)20-12-16-6-3-7-18-19(16)23-14-22-18/h3,6-7,15,17,20H,1-2,4-5,8-14H2. The maximum Gasteiger partial charge on any atom is 0.231 e. The lowest BCUT2D eigenvalue weighted by molar-refractivity contribution is 0.169. The van der Waals surface area contributed by atoms with E-state index in [1.54, 1.807) is 0 Å². The number of likely N-dealkylation sites (tertiary alicyclic amines) is 1.